The van der Waals surface area contributed by atoms with Gasteiger partial charge in [-0.05, 0) is 0 Å². The van der Waals surface area contributed by atoms with Crippen molar-refractivity contribution in [2.75, 3.05) is 0 Å². The molecular formula is C10Cl3F19. The van der Waals surface area contributed by atoms with Gasteiger partial charge in [-0.2, -0.15) is 83.4 Å². The van der Waals surface area contributed by atoms with Crippen LogP contribution in [0.1, 0.15) is 0 Å². The van der Waals surface area contributed by atoms with Gasteiger partial charge in [0.25, 0.3) is 3.79 Å². The van der Waals surface area contributed by atoms with Crippen molar-refractivity contribution < 1.29 is 83.4 Å². The highest BCUT2D eigenvalue weighted by atomic mass is 35.6. The molecule has 0 radical (unpaired) electrons. The molecule has 0 bridgehead atoms. The average molecular weight is 587 g/mol. The Balaban J connectivity index is 7.00. The molecule has 0 atom stereocenters. The van der Waals surface area contributed by atoms with Crippen LogP contribution in [0.4, 0.5) is 83.4 Å². The summed E-state index contributed by atoms with van der Waals surface area (Å²) in [6, 6.07) is 0. The second kappa shape index (κ2) is 7.52. The van der Waals surface area contributed by atoms with Gasteiger partial charge in [0.05, 0.1) is 0 Å². The average Bonchev–Trinajstić information content (AvgIpc) is 2.51. The lowest BCUT2D eigenvalue weighted by molar-refractivity contribution is -0.468. The number of hydrogen-bond donors (Lipinski definition) is 0. The fourth-order valence-corrected chi connectivity index (χ4v) is 1.90. The third kappa shape index (κ3) is 3.71. The predicted octanol–water partition coefficient (Wildman–Crippen LogP) is 8.00. The van der Waals surface area contributed by atoms with Crippen molar-refractivity contribution in [2.24, 2.45) is 0 Å². The molecule has 0 N–H and O–H groups in total. The van der Waals surface area contributed by atoms with Crippen molar-refractivity contribution in [3.05, 3.63) is 0 Å². The molecule has 0 aromatic heterocycles. The maximum atomic E-state index is 13.3. The molecule has 22 heteroatoms. The van der Waals surface area contributed by atoms with Gasteiger partial charge in [-0.15, -0.1) is 0 Å². The highest BCUT2D eigenvalue weighted by Crippen LogP contribution is 2.66. The van der Waals surface area contributed by atoms with Crippen LogP contribution in [0.15, 0.2) is 0 Å². The first-order chi connectivity index (χ1) is 13.2. The van der Waals surface area contributed by atoms with Gasteiger partial charge in [-0.25, -0.2) is 0 Å². The first kappa shape index (κ1) is 31.5. The standard InChI is InChI=1S/C10Cl3F19/c11-9(12,13)7(26,27)5(22,23)3(18,19)1(14,15)2(16,17)4(20,21)6(24,25)8(28,29)10(30,31)32. The number of halogens is 22. The van der Waals surface area contributed by atoms with Gasteiger partial charge < -0.3 is 0 Å². The van der Waals surface area contributed by atoms with Crippen LogP contribution in [0.25, 0.3) is 0 Å². The summed E-state index contributed by atoms with van der Waals surface area (Å²) >= 11 is 12.3. The van der Waals surface area contributed by atoms with Gasteiger partial charge >= 0.3 is 53.6 Å². The molecule has 194 valence electrons. The molecule has 0 aromatic carbocycles. The summed E-state index contributed by atoms with van der Waals surface area (Å²) in [7, 11) is 0. The van der Waals surface area contributed by atoms with Crippen LogP contribution in [0.2, 0.25) is 0 Å². The van der Waals surface area contributed by atoms with E-state index in [0.29, 0.717) is 0 Å². The van der Waals surface area contributed by atoms with Crippen molar-refractivity contribution in [3.63, 3.8) is 0 Å². The lowest BCUT2D eigenvalue weighted by atomic mass is 9.87. The van der Waals surface area contributed by atoms with Gasteiger partial charge in [0.15, 0.2) is 0 Å². The Kier molecular flexibility index (Phi) is 7.41. The lowest BCUT2D eigenvalue weighted by Crippen LogP contribution is -2.76. The Morgan fingerprint density at radius 2 is 0.406 bits per heavy atom. The summed E-state index contributed by atoms with van der Waals surface area (Å²) in [5, 5.41) is 0. The quantitative estimate of drug-likeness (QED) is 0.209. The van der Waals surface area contributed by atoms with Gasteiger partial charge in [0, 0.05) is 0 Å². The highest BCUT2D eigenvalue weighted by Gasteiger charge is 2.97. The molecule has 0 saturated carbocycles. The molecule has 32 heavy (non-hydrogen) atoms. The number of alkyl halides is 22. The summed E-state index contributed by atoms with van der Waals surface area (Å²) in [5.74, 6) is -68.0. The van der Waals surface area contributed by atoms with Crippen LogP contribution >= 0.6 is 34.8 Å². The molecule has 0 spiro atoms. The van der Waals surface area contributed by atoms with Crippen LogP contribution in [0, 0.1) is 0 Å². The first-order valence-corrected chi connectivity index (χ1v) is 7.54. The molecular weight excluding hydrogens is 587 g/mol. The largest absolute Gasteiger partial charge is 0.460 e. The van der Waals surface area contributed by atoms with E-state index in [1.165, 1.54) is 0 Å². The monoisotopic (exact) mass is 586 g/mol. The van der Waals surface area contributed by atoms with E-state index in [1.807, 2.05) is 0 Å². The fourth-order valence-electron chi connectivity index (χ4n) is 1.54. The van der Waals surface area contributed by atoms with Crippen LogP contribution in [0.5, 0.6) is 0 Å². The second-order valence-corrected chi connectivity index (χ2v) is 7.87. The molecule has 0 aliphatic heterocycles. The van der Waals surface area contributed by atoms with E-state index in [0.717, 1.165) is 0 Å². The summed E-state index contributed by atoms with van der Waals surface area (Å²) in [6.07, 6.45) is -7.93. The summed E-state index contributed by atoms with van der Waals surface area (Å²) in [5.41, 5.74) is 0. The molecule has 0 fully saturated rings. The third-order valence-corrected chi connectivity index (χ3v) is 4.18. The van der Waals surface area contributed by atoms with Crippen molar-refractivity contribution in [1.82, 2.24) is 0 Å². The first-order valence-electron chi connectivity index (χ1n) is 6.41. The molecule has 0 rings (SSSR count). The molecule has 0 heterocycles. The van der Waals surface area contributed by atoms with Gasteiger partial charge in [0.1, 0.15) is 0 Å². The third-order valence-electron chi connectivity index (χ3n) is 3.47. The van der Waals surface area contributed by atoms with Gasteiger partial charge in [-0.1, -0.05) is 34.8 Å². The van der Waals surface area contributed by atoms with Crippen molar-refractivity contribution in [1.29, 1.82) is 0 Å². The highest BCUT2D eigenvalue weighted by molar-refractivity contribution is 6.68. The Labute approximate surface area is 176 Å². The Morgan fingerprint density at radius 3 is 0.562 bits per heavy atom. The van der Waals surface area contributed by atoms with E-state index in [-0.39, 0.29) is 0 Å². The maximum Gasteiger partial charge on any atom is 0.460 e. The van der Waals surface area contributed by atoms with Gasteiger partial charge in [0.2, 0.25) is 0 Å². The molecule has 0 nitrogen and oxygen atoms in total. The number of hydrogen-bond acceptors (Lipinski definition) is 0. The summed E-state index contributed by atoms with van der Waals surface area (Å²) in [4.78, 5) is 0. The smallest absolute Gasteiger partial charge is 0.195 e. The molecule has 0 aliphatic rings. The predicted molar refractivity (Wildman–Crippen MR) is 65.9 cm³/mol. The Bertz CT molecular complexity index is 639. The normalized spacial score (nSPS) is 17.1. The SMILES string of the molecule is FC(F)(F)C(F)(F)C(F)(F)C(F)(F)C(F)(F)C(F)(F)C(F)(F)C(F)(F)C(F)(F)C(Cl)(Cl)Cl. The van der Waals surface area contributed by atoms with E-state index in [9.17, 15) is 83.4 Å². The lowest BCUT2D eigenvalue weighted by Gasteiger charge is -2.44. The summed E-state index contributed by atoms with van der Waals surface area (Å²) < 4.78 is 240. The fraction of sp³-hybridized carbons (Fsp3) is 1.00. The van der Waals surface area contributed by atoms with Crippen LogP contribution in [-0.4, -0.2) is 57.3 Å². The van der Waals surface area contributed by atoms with Crippen molar-refractivity contribution in [3.8, 4) is 0 Å². The van der Waals surface area contributed by atoms with Crippen LogP contribution < -0.4 is 0 Å². The minimum Gasteiger partial charge on any atom is -0.195 e. The molecule has 0 unspecified atom stereocenters. The molecule has 0 aliphatic carbocycles. The topological polar surface area (TPSA) is 0 Å². The molecule has 0 aromatic rings. The van der Waals surface area contributed by atoms with Crippen LogP contribution in [0.3, 0.4) is 0 Å². The number of rotatable bonds is 7. The minimum absolute atomic E-state index is 4.10. The van der Waals surface area contributed by atoms with Crippen molar-refractivity contribution in [2.45, 2.75) is 57.3 Å². The Morgan fingerprint density at radius 1 is 0.250 bits per heavy atom. The maximum absolute atomic E-state index is 13.3. The zero-order valence-electron chi connectivity index (χ0n) is 13.3. The zero-order chi connectivity index (χ0) is 27.0. The van der Waals surface area contributed by atoms with Crippen LogP contribution in [-0.2, 0) is 0 Å². The van der Waals surface area contributed by atoms with E-state index in [2.05, 4.69) is 34.8 Å². The van der Waals surface area contributed by atoms with E-state index < -0.39 is 57.3 Å². The van der Waals surface area contributed by atoms with E-state index in [4.69, 9.17) is 0 Å². The molecule has 0 amide bonds. The zero-order valence-corrected chi connectivity index (χ0v) is 15.6. The van der Waals surface area contributed by atoms with Gasteiger partial charge in [-0.3, -0.25) is 0 Å². The van der Waals surface area contributed by atoms with Crippen molar-refractivity contribution >= 4 is 34.8 Å². The minimum atomic E-state index is -9.01. The Hall–Kier alpha value is -0.460. The second-order valence-electron chi connectivity index (χ2n) is 5.59. The van der Waals surface area contributed by atoms with E-state index in [1.54, 1.807) is 0 Å². The molecule has 0 saturated heterocycles. The summed E-state index contributed by atoms with van der Waals surface area (Å²) in [6.45, 7) is 0. The van der Waals surface area contributed by atoms with E-state index >= 15 is 0 Å².